The van der Waals surface area contributed by atoms with Crippen LogP contribution in [0.5, 0.6) is 0 Å². The van der Waals surface area contributed by atoms with Gasteiger partial charge in [0.2, 0.25) is 5.82 Å². The van der Waals surface area contributed by atoms with Crippen molar-refractivity contribution in [3.8, 4) is 22.5 Å². The number of hydrogen-bond acceptors (Lipinski definition) is 5. The lowest BCUT2D eigenvalue weighted by molar-refractivity contribution is 0.0571. The maximum Gasteiger partial charge on any atom is 0.272 e. The van der Waals surface area contributed by atoms with Crippen LogP contribution in [0.15, 0.2) is 54.7 Å². The molecule has 1 fully saturated rings. The number of carbonyl (C=O) groups is 1. The average molecular weight is 449 g/mol. The molecule has 2 aromatic heterocycles. The number of aromatic amines is 1. The fraction of sp³-hybridized carbons (Fsp3) is 0.261. The van der Waals surface area contributed by atoms with Crippen LogP contribution in [-0.2, 0) is 6.54 Å². The lowest BCUT2D eigenvalue weighted by Crippen LogP contribution is -2.46. The number of halogens is 2. The fourth-order valence-electron chi connectivity index (χ4n) is 4.12. The predicted octanol–water partition coefficient (Wildman–Crippen LogP) is 3.70. The maximum absolute atomic E-state index is 13.5. The van der Waals surface area contributed by atoms with E-state index in [9.17, 15) is 13.6 Å². The Balaban J connectivity index is 1.36. The van der Waals surface area contributed by atoms with E-state index in [2.05, 4.69) is 25.6 Å². The second-order valence-corrected chi connectivity index (χ2v) is 7.99. The normalized spacial score (nSPS) is 16.2. The molecular weight excluding hydrogens is 428 g/mol. The van der Waals surface area contributed by atoms with Gasteiger partial charge in [-0.25, -0.2) is 8.78 Å². The molecule has 0 bridgehead atoms. The average Bonchev–Trinajstić information content (AvgIpc) is 3.50. The molecule has 1 saturated heterocycles. The summed E-state index contributed by atoms with van der Waals surface area (Å²) in [6.45, 7) is 0.991. The van der Waals surface area contributed by atoms with E-state index in [1.54, 1.807) is 30.5 Å². The molecule has 8 nitrogen and oxygen atoms in total. The molecule has 0 spiro atoms. The van der Waals surface area contributed by atoms with E-state index in [1.165, 1.54) is 29.1 Å². The van der Waals surface area contributed by atoms with Crippen molar-refractivity contribution >= 4 is 5.91 Å². The molecule has 0 aliphatic carbocycles. The first kappa shape index (κ1) is 20.9. The number of H-pyrrole nitrogens is 1. The zero-order valence-corrected chi connectivity index (χ0v) is 17.7. The highest BCUT2D eigenvalue weighted by Gasteiger charge is 2.31. The fourth-order valence-corrected chi connectivity index (χ4v) is 4.12. The number of hydrogen-bond donors (Lipinski definition) is 1. The molecule has 1 N–H and O–H groups in total. The number of likely N-dealkylation sites (tertiary alicyclic amines) is 1. The number of nitrogens with zero attached hydrogens (tertiary/aromatic N) is 6. The van der Waals surface area contributed by atoms with Gasteiger partial charge < -0.3 is 4.90 Å². The summed E-state index contributed by atoms with van der Waals surface area (Å²) in [5.41, 5.74) is 2.37. The zero-order chi connectivity index (χ0) is 22.8. The number of benzene rings is 2. The minimum atomic E-state index is -0.341. The molecule has 3 heterocycles. The largest absolute Gasteiger partial charge is 0.332 e. The Bertz CT molecular complexity index is 1250. The third-order valence-corrected chi connectivity index (χ3v) is 5.83. The molecule has 1 unspecified atom stereocenters. The van der Waals surface area contributed by atoms with E-state index in [1.807, 2.05) is 4.90 Å². The van der Waals surface area contributed by atoms with Crippen molar-refractivity contribution in [1.29, 1.82) is 0 Å². The van der Waals surface area contributed by atoms with Gasteiger partial charge in [-0.1, -0.05) is 12.1 Å². The Morgan fingerprint density at radius 1 is 1.00 bits per heavy atom. The second-order valence-electron chi connectivity index (χ2n) is 7.99. The van der Waals surface area contributed by atoms with Gasteiger partial charge in [0.15, 0.2) is 0 Å². The van der Waals surface area contributed by atoms with Crippen LogP contribution < -0.4 is 0 Å². The zero-order valence-electron chi connectivity index (χ0n) is 17.7. The molecular formula is C23H21F2N7O. The van der Waals surface area contributed by atoms with Crippen LogP contribution in [-0.4, -0.2) is 53.8 Å². The molecule has 5 rings (SSSR count). The topological polar surface area (TPSA) is 92.6 Å². The van der Waals surface area contributed by atoms with E-state index in [-0.39, 0.29) is 23.6 Å². The Hall–Kier alpha value is -3.95. The van der Waals surface area contributed by atoms with Crippen LogP contribution in [0.2, 0.25) is 0 Å². The molecule has 1 atom stereocenters. The number of piperidine rings is 1. The summed E-state index contributed by atoms with van der Waals surface area (Å²) < 4.78 is 26.5. The standard InChI is InChI=1S/C23H21F2N7O/c24-17-8-4-15(5-9-17)20-13-26-27-21(20)23(33)31-12-2-1-3-19(31)14-32-29-22(28-30-32)16-6-10-18(25)11-7-16/h4-11,13,19H,1-3,12,14H2,(H,26,27). The summed E-state index contributed by atoms with van der Waals surface area (Å²) in [5.74, 6) is -0.445. The number of tetrazole rings is 1. The van der Waals surface area contributed by atoms with Crippen molar-refractivity contribution in [1.82, 2.24) is 35.3 Å². The molecule has 0 saturated carbocycles. The van der Waals surface area contributed by atoms with Gasteiger partial charge in [-0.15, -0.1) is 10.2 Å². The van der Waals surface area contributed by atoms with Crippen molar-refractivity contribution < 1.29 is 13.6 Å². The first-order valence-corrected chi connectivity index (χ1v) is 10.7. The first-order chi connectivity index (χ1) is 16.1. The Morgan fingerprint density at radius 3 is 2.42 bits per heavy atom. The highest BCUT2D eigenvalue weighted by atomic mass is 19.1. The molecule has 1 aliphatic rings. The minimum Gasteiger partial charge on any atom is -0.332 e. The SMILES string of the molecule is O=C(c1[nH]ncc1-c1ccc(F)cc1)N1CCCCC1Cn1nnc(-c2ccc(F)cc2)n1. The van der Waals surface area contributed by atoms with Crippen molar-refractivity contribution in [2.24, 2.45) is 0 Å². The highest BCUT2D eigenvalue weighted by molar-refractivity contribution is 5.99. The maximum atomic E-state index is 13.5. The number of carbonyl (C=O) groups excluding carboxylic acids is 1. The molecule has 168 valence electrons. The molecule has 1 aliphatic heterocycles. The van der Waals surface area contributed by atoms with Gasteiger partial charge in [-0.05, 0) is 66.4 Å². The van der Waals surface area contributed by atoms with Crippen LogP contribution in [0.3, 0.4) is 0 Å². The van der Waals surface area contributed by atoms with Crippen molar-refractivity contribution in [3.63, 3.8) is 0 Å². The Labute approximate surface area is 188 Å². The Morgan fingerprint density at radius 2 is 1.70 bits per heavy atom. The predicted molar refractivity (Wildman–Crippen MR) is 116 cm³/mol. The van der Waals surface area contributed by atoms with Gasteiger partial charge in [-0.3, -0.25) is 9.89 Å². The summed E-state index contributed by atoms with van der Waals surface area (Å²) in [6, 6.07) is 11.7. The summed E-state index contributed by atoms with van der Waals surface area (Å²) in [7, 11) is 0. The number of amides is 1. The van der Waals surface area contributed by atoms with Gasteiger partial charge in [0.1, 0.15) is 17.3 Å². The third kappa shape index (κ3) is 4.36. The lowest BCUT2D eigenvalue weighted by atomic mass is 10.00. The summed E-state index contributed by atoms with van der Waals surface area (Å²) >= 11 is 0. The van der Waals surface area contributed by atoms with E-state index in [4.69, 9.17) is 0 Å². The quantitative estimate of drug-likeness (QED) is 0.502. The molecule has 1 amide bonds. The second kappa shape index (κ2) is 8.89. The summed E-state index contributed by atoms with van der Waals surface area (Å²) in [5, 5.41) is 19.5. The van der Waals surface area contributed by atoms with Crippen molar-refractivity contribution in [2.75, 3.05) is 6.54 Å². The van der Waals surface area contributed by atoms with Gasteiger partial charge in [-0.2, -0.15) is 9.90 Å². The third-order valence-electron chi connectivity index (χ3n) is 5.83. The molecule has 10 heteroatoms. The van der Waals surface area contributed by atoms with Gasteiger partial charge in [0.05, 0.1) is 18.8 Å². The Kier molecular flexibility index (Phi) is 5.64. The van der Waals surface area contributed by atoms with Crippen LogP contribution >= 0.6 is 0 Å². The van der Waals surface area contributed by atoms with Crippen LogP contribution in [0, 0.1) is 11.6 Å². The van der Waals surface area contributed by atoms with Crippen LogP contribution in [0.4, 0.5) is 8.78 Å². The summed E-state index contributed by atoms with van der Waals surface area (Å²) in [4.78, 5) is 16.7. The van der Waals surface area contributed by atoms with Gasteiger partial charge >= 0.3 is 0 Å². The van der Waals surface area contributed by atoms with E-state index in [0.717, 1.165) is 19.3 Å². The van der Waals surface area contributed by atoms with E-state index >= 15 is 0 Å². The van der Waals surface area contributed by atoms with Crippen molar-refractivity contribution in [3.05, 3.63) is 72.1 Å². The van der Waals surface area contributed by atoms with Crippen LogP contribution in [0.1, 0.15) is 29.8 Å². The minimum absolute atomic E-state index is 0.120. The number of rotatable bonds is 5. The van der Waals surface area contributed by atoms with Gasteiger partial charge in [0, 0.05) is 17.7 Å². The molecule has 0 radical (unpaired) electrons. The first-order valence-electron chi connectivity index (χ1n) is 10.7. The van der Waals surface area contributed by atoms with E-state index in [0.29, 0.717) is 41.3 Å². The number of aromatic nitrogens is 6. The molecule has 2 aromatic carbocycles. The highest BCUT2D eigenvalue weighted by Crippen LogP contribution is 2.27. The molecule has 33 heavy (non-hydrogen) atoms. The molecule has 4 aromatic rings. The lowest BCUT2D eigenvalue weighted by Gasteiger charge is -2.35. The number of nitrogens with one attached hydrogen (secondary N) is 1. The smallest absolute Gasteiger partial charge is 0.272 e. The monoisotopic (exact) mass is 449 g/mol. The van der Waals surface area contributed by atoms with E-state index < -0.39 is 0 Å². The van der Waals surface area contributed by atoms with Crippen LogP contribution in [0.25, 0.3) is 22.5 Å². The van der Waals surface area contributed by atoms with Crippen molar-refractivity contribution in [2.45, 2.75) is 31.8 Å². The van der Waals surface area contributed by atoms with Gasteiger partial charge in [0.25, 0.3) is 5.91 Å². The summed E-state index contributed by atoms with van der Waals surface area (Å²) in [6.07, 6.45) is 4.27.